The van der Waals surface area contributed by atoms with Gasteiger partial charge in [0.1, 0.15) is 5.75 Å². The van der Waals surface area contributed by atoms with E-state index < -0.39 is 0 Å². The third-order valence-corrected chi connectivity index (χ3v) is 3.36. The average Bonchev–Trinajstić information content (AvgIpc) is 2.57. The predicted molar refractivity (Wildman–Crippen MR) is 92.3 cm³/mol. The highest BCUT2D eigenvalue weighted by molar-refractivity contribution is 5.93. The number of anilines is 1. The summed E-state index contributed by atoms with van der Waals surface area (Å²) in [6.07, 6.45) is 0.244. The van der Waals surface area contributed by atoms with Gasteiger partial charge < -0.3 is 14.8 Å². The van der Waals surface area contributed by atoms with Crippen LogP contribution < -0.4 is 10.1 Å². The molecule has 0 saturated heterocycles. The zero-order valence-corrected chi connectivity index (χ0v) is 13.9. The maximum Gasteiger partial charge on any atom is 0.338 e. The van der Waals surface area contributed by atoms with Crippen LogP contribution in [0.1, 0.15) is 29.3 Å². The summed E-state index contributed by atoms with van der Waals surface area (Å²) >= 11 is 0. The van der Waals surface area contributed by atoms with Gasteiger partial charge in [0.2, 0.25) is 5.91 Å². The summed E-state index contributed by atoms with van der Waals surface area (Å²) in [4.78, 5) is 23.5. The molecule has 0 aliphatic heterocycles. The first kappa shape index (κ1) is 17.5. The van der Waals surface area contributed by atoms with Crippen molar-refractivity contribution >= 4 is 17.6 Å². The maximum absolute atomic E-state index is 11.9. The van der Waals surface area contributed by atoms with Gasteiger partial charge in [0.15, 0.2) is 0 Å². The third kappa shape index (κ3) is 5.12. The van der Waals surface area contributed by atoms with Gasteiger partial charge in [-0.2, -0.15) is 0 Å². The molecule has 0 aliphatic rings. The molecule has 0 unspecified atom stereocenters. The molecule has 0 bridgehead atoms. The molecule has 0 heterocycles. The Labute approximate surface area is 141 Å². The van der Waals surface area contributed by atoms with Crippen LogP contribution in [0.3, 0.4) is 0 Å². The predicted octanol–water partition coefficient (Wildman–Crippen LogP) is 3.58. The molecule has 2 rings (SSSR count). The first-order valence-corrected chi connectivity index (χ1v) is 7.85. The fourth-order valence-corrected chi connectivity index (χ4v) is 2.10. The Balaban J connectivity index is 1.80. The first-order chi connectivity index (χ1) is 11.6. The van der Waals surface area contributed by atoms with Crippen LogP contribution in [0.15, 0.2) is 48.5 Å². The van der Waals surface area contributed by atoms with Crippen molar-refractivity contribution in [2.75, 3.05) is 18.5 Å². The van der Waals surface area contributed by atoms with E-state index in [9.17, 15) is 9.59 Å². The smallest absolute Gasteiger partial charge is 0.338 e. The number of amides is 1. The number of carbonyl (C=O) groups is 2. The lowest BCUT2D eigenvalue weighted by molar-refractivity contribution is -0.116. The van der Waals surface area contributed by atoms with Crippen molar-refractivity contribution < 1.29 is 19.1 Å². The molecule has 1 amide bonds. The van der Waals surface area contributed by atoms with Crippen LogP contribution in [-0.4, -0.2) is 25.1 Å². The van der Waals surface area contributed by atoms with Gasteiger partial charge in [0.05, 0.1) is 25.2 Å². The van der Waals surface area contributed by atoms with Crippen LogP contribution in [0.4, 0.5) is 5.69 Å². The molecule has 0 atom stereocenters. The average molecular weight is 327 g/mol. The Morgan fingerprint density at radius 2 is 1.75 bits per heavy atom. The molecule has 0 radical (unpaired) electrons. The monoisotopic (exact) mass is 327 g/mol. The summed E-state index contributed by atoms with van der Waals surface area (Å²) in [6.45, 7) is 4.35. The minimum atomic E-state index is -0.373. The van der Waals surface area contributed by atoms with Crippen LogP contribution in [0.25, 0.3) is 0 Å². The van der Waals surface area contributed by atoms with Gasteiger partial charge >= 0.3 is 5.97 Å². The zero-order chi connectivity index (χ0) is 17.4. The Kier molecular flexibility index (Phi) is 6.37. The molecule has 5 nitrogen and oxygen atoms in total. The van der Waals surface area contributed by atoms with E-state index >= 15 is 0 Å². The molecule has 0 saturated carbocycles. The van der Waals surface area contributed by atoms with Gasteiger partial charge in [-0.15, -0.1) is 0 Å². The SMILES string of the molecule is CCOC(=O)c1ccc(NC(=O)CCOc2ccccc2C)cc1. The van der Waals surface area contributed by atoms with Crippen molar-refractivity contribution in [2.24, 2.45) is 0 Å². The highest BCUT2D eigenvalue weighted by Crippen LogP contribution is 2.16. The summed E-state index contributed by atoms with van der Waals surface area (Å²) in [7, 11) is 0. The normalized spacial score (nSPS) is 10.1. The number of hydrogen-bond acceptors (Lipinski definition) is 4. The van der Waals surface area contributed by atoms with Crippen molar-refractivity contribution in [1.82, 2.24) is 0 Å². The van der Waals surface area contributed by atoms with Crippen molar-refractivity contribution in [3.63, 3.8) is 0 Å². The van der Waals surface area contributed by atoms with E-state index in [1.165, 1.54) is 0 Å². The van der Waals surface area contributed by atoms with E-state index in [0.29, 0.717) is 24.5 Å². The second-order valence-electron chi connectivity index (χ2n) is 5.21. The lowest BCUT2D eigenvalue weighted by Crippen LogP contribution is -2.15. The second-order valence-corrected chi connectivity index (χ2v) is 5.21. The number of esters is 1. The Hall–Kier alpha value is -2.82. The van der Waals surface area contributed by atoms with Crippen molar-refractivity contribution in [3.05, 3.63) is 59.7 Å². The minimum Gasteiger partial charge on any atom is -0.493 e. The van der Waals surface area contributed by atoms with Crippen LogP contribution in [-0.2, 0) is 9.53 Å². The quantitative estimate of drug-likeness (QED) is 0.790. The fraction of sp³-hybridized carbons (Fsp3) is 0.263. The van der Waals surface area contributed by atoms with Crippen molar-refractivity contribution in [2.45, 2.75) is 20.3 Å². The maximum atomic E-state index is 11.9. The zero-order valence-electron chi connectivity index (χ0n) is 13.9. The molecular formula is C19H21NO4. The van der Waals surface area contributed by atoms with Crippen molar-refractivity contribution in [1.29, 1.82) is 0 Å². The number of rotatable bonds is 7. The van der Waals surface area contributed by atoms with Crippen LogP contribution in [0.5, 0.6) is 5.75 Å². The van der Waals surface area contributed by atoms with E-state index in [4.69, 9.17) is 9.47 Å². The molecule has 0 spiro atoms. The Morgan fingerprint density at radius 3 is 2.42 bits per heavy atom. The molecule has 0 aliphatic carbocycles. The Morgan fingerprint density at radius 1 is 1.04 bits per heavy atom. The van der Waals surface area contributed by atoms with E-state index in [2.05, 4.69) is 5.32 Å². The standard InChI is InChI=1S/C19H21NO4/c1-3-23-19(22)15-8-10-16(11-9-15)20-18(21)12-13-24-17-7-5-4-6-14(17)2/h4-11H,3,12-13H2,1-2H3,(H,20,21). The molecule has 0 fully saturated rings. The molecule has 0 aromatic heterocycles. The van der Waals surface area contributed by atoms with E-state index in [-0.39, 0.29) is 18.3 Å². The lowest BCUT2D eigenvalue weighted by atomic mass is 10.2. The summed E-state index contributed by atoms with van der Waals surface area (Å²) < 4.78 is 10.5. The summed E-state index contributed by atoms with van der Waals surface area (Å²) in [6, 6.07) is 14.3. The van der Waals surface area contributed by atoms with Gasteiger partial charge in [-0.05, 0) is 49.7 Å². The largest absolute Gasteiger partial charge is 0.493 e. The molecule has 126 valence electrons. The molecule has 5 heteroatoms. The van der Waals surface area contributed by atoms with Gasteiger partial charge in [-0.3, -0.25) is 4.79 Å². The number of para-hydroxylation sites is 1. The summed E-state index contributed by atoms with van der Waals surface area (Å²) in [5, 5.41) is 2.77. The number of aryl methyl sites for hydroxylation is 1. The first-order valence-electron chi connectivity index (χ1n) is 7.85. The van der Waals surface area contributed by atoms with E-state index in [0.717, 1.165) is 11.3 Å². The second kappa shape index (κ2) is 8.72. The number of ether oxygens (including phenoxy) is 2. The molecule has 2 aromatic carbocycles. The number of hydrogen-bond donors (Lipinski definition) is 1. The van der Waals surface area contributed by atoms with E-state index in [1.807, 2.05) is 31.2 Å². The third-order valence-electron chi connectivity index (χ3n) is 3.36. The molecule has 1 N–H and O–H groups in total. The fourth-order valence-electron chi connectivity index (χ4n) is 2.10. The number of nitrogens with one attached hydrogen (secondary N) is 1. The highest BCUT2D eigenvalue weighted by Gasteiger charge is 2.07. The van der Waals surface area contributed by atoms with Gasteiger partial charge in [0, 0.05) is 5.69 Å². The summed E-state index contributed by atoms with van der Waals surface area (Å²) in [5.74, 6) is 0.263. The number of carbonyl (C=O) groups excluding carboxylic acids is 2. The van der Waals surface area contributed by atoms with Crippen molar-refractivity contribution in [3.8, 4) is 5.75 Å². The minimum absolute atomic E-state index is 0.146. The van der Waals surface area contributed by atoms with Crippen LogP contribution in [0.2, 0.25) is 0 Å². The molecule has 24 heavy (non-hydrogen) atoms. The summed E-state index contributed by atoms with van der Waals surface area (Å²) in [5.41, 5.74) is 2.12. The van der Waals surface area contributed by atoms with Gasteiger partial charge in [0.25, 0.3) is 0 Å². The topological polar surface area (TPSA) is 64.6 Å². The van der Waals surface area contributed by atoms with Crippen LogP contribution >= 0.6 is 0 Å². The highest BCUT2D eigenvalue weighted by atomic mass is 16.5. The molecular weight excluding hydrogens is 306 g/mol. The molecule has 2 aromatic rings. The van der Waals surface area contributed by atoms with Crippen LogP contribution in [0, 0.1) is 6.92 Å². The van der Waals surface area contributed by atoms with Gasteiger partial charge in [-0.25, -0.2) is 4.79 Å². The van der Waals surface area contributed by atoms with Gasteiger partial charge in [-0.1, -0.05) is 18.2 Å². The van der Waals surface area contributed by atoms with E-state index in [1.54, 1.807) is 31.2 Å². The Bertz CT molecular complexity index is 695. The lowest BCUT2D eigenvalue weighted by Gasteiger charge is -2.09. The number of benzene rings is 2.